The predicted octanol–water partition coefficient (Wildman–Crippen LogP) is 2.44. The Hall–Kier alpha value is -1.85. The van der Waals surface area contributed by atoms with Crippen molar-refractivity contribution in [2.45, 2.75) is 37.3 Å². The summed E-state index contributed by atoms with van der Waals surface area (Å²) in [6.45, 7) is 2.19. The Morgan fingerprint density at radius 1 is 1.27 bits per heavy atom. The van der Waals surface area contributed by atoms with Crippen LogP contribution in [0.15, 0.2) is 36.8 Å². The molecule has 2 aromatic rings. The number of methoxy groups -OCH3 is 1. The second kappa shape index (κ2) is 7.41. The van der Waals surface area contributed by atoms with Crippen LogP contribution in [-0.4, -0.2) is 53.8 Å². The molecule has 1 aromatic carbocycles. The van der Waals surface area contributed by atoms with E-state index in [0.717, 1.165) is 31.2 Å². The van der Waals surface area contributed by atoms with Gasteiger partial charge < -0.3 is 19.5 Å². The molecule has 0 bridgehead atoms. The van der Waals surface area contributed by atoms with E-state index in [1.165, 1.54) is 24.1 Å². The number of benzene rings is 1. The number of rotatable bonds is 7. The fourth-order valence-corrected chi connectivity index (χ4v) is 4.38. The lowest BCUT2D eigenvalue weighted by atomic mass is 9.96. The molecule has 1 saturated carbocycles. The molecular weight excluding hydrogens is 324 g/mol. The molecule has 0 amide bonds. The van der Waals surface area contributed by atoms with Crippen LogP contribution >= 0.6 is 0 Å². The van der Waals surface area contributed by atoms with Crippen molar-refractivity contribution in [3.63, 3.8) is 0 Å². The van der Waals surface area contributed by atoms with Crippen LogP contribution in [-0.2, 0) is 13.5 Å². The van der Waals surface area contributed by atoms with E-state index in [1.54, 1.807) is 7.11 Å². The first kappa shape index (κ1) is 17.6. The first-order chi connectivity index (χ1) is 12.6. The minimum absolute atomic E-state index is 0.478. The van der Waals surface area contributed by atoms with Gasteiger partial charge in [0.15, 0.2) is 0 Å². The zero-order valence-corrected chi connectivity index (χ0v) is 16.1. The van der Waals surface area contributed by atoms with Crippen molar-refractivity contribution in [2.75, 3.05) is 27.2 Å². The van der Waals surface area contributed by atoms with E-state index in [0.29, 0.717) is 18.0 Å². The first-order valence-corrected chi connectivity index (χ1v) is 9.67. The predicted molar refractivity (Wildman–Crippen MR) is 104 cm³/mol. The maximum Gasteiger partial charge on any atom is 0.119 e. The van der Waals surface area contributed by atoms with Crippen LogP contribution in [0.1, 0.15) is 30.0 Å². The Kier molecular flexibility index (Phi) is 5.00. The van der Waals surface area contributed by atoms with Crippen LogP contribution in [0.4, 0.5) is 0 Å². The highest BCUT2D eigenvalue weighted by molar-refractivity contribution is 5.29. The quantitative estimate of drug-likeness (QED) is 0.829. The molecule has 4 rings (SSSR count). The maximum absolute atomic E-state index is 5.40. The number of aryl methyl sites for hydroxylation is 1. The number of hydrogen-bond acceptors (Lipinski definition) is 4. The summed E-state index contributed by atoms with van der Waals surface area (Å²) in [7, 11) is 6.06. The van der Waals surface area contributed by atoms with Crippen LogP contribution in [0.3, 0.4) is 0 Å². The lowest BCUT2D eigenvalue weighted by molar-refractivity contribution is 0.359. The Balaban J connectivity index is 1.49. The Morgan fingerprint density at radius 2 is 2.12 bits per heavy atom. The molecule has 1 aromatic heterocycles. The number of ether oxygens (including phenoxy) is 1. The fraction of sp³-hybridized carbons (Fsp3) is 0.571. The van der Waals surface area contributed by atoms with Gasteiger partial charge in [-0.25, -0.2) is 4.98 Å². The van der Waals surface area contributed by atoms with Crippen LogP contribution in [0.25, 0.3) is 0 Å². The topological polar surface area (TPSA) is 42.3 Å². The third kappa shape index (κ3) is 3.79. The Morgan fingerprint density at radius 3 is 2.81 bits per heavy atom. The summed E-state index contributed by atoms with van der Waals surface area (Å²) in [6.07, 6.45) is 7.72. The molecule has 2 aliphatic rings. The number of imidazole rings is 1. The van der Waals surface area contributed by atoms with Gasteiger partial charge >= 0.3 is 0 Å². The molecule has 26 heavy (non-hydrogen) atoms. The molecular formula is C21H30N4O. The molecule has 5 nitrogen and oxygen atoms in total. The number of hydrogen-bond donors (Lipinski definition) is 1. The van der Waals surface area contributed by atoms with Gasteiger partial charge in [0.25, 0.3) is 0 Å². The van der Waals surface area contributed by atoms with Crippen molar-refractivity contribution in [2.24, 2.45) is 13.0 Å². The van der Waals surface area contributed by atoms with E-state index in [9.17, 15) is 0 Å². The van der Waals surface area contributed by atoms with Gasteiger partial charge in [0.05, 0.1) is 13.4 Å². The molecule has 1 unspecified atom stereocenters. The monoisotopic (exact) mass is 354 g/mol. The highest BCUT2D eigenvalue weighted by Crippen LogP contribution is 2.36. The summed E-state index contributed by atoms with van der Waals surface area (Å²) in [6, 6.07) is 9.53. The highest BCUT2D eigenvalue weighted by atomic mass is 16.5. The van der Waals surface area contributed by atoms with Gasteiger partial charge in [-0.05, 0) is 49.9 Å². The van der Waals surface area contributed by atoms with E-state index < -0.39 is 0 Å². The molecule has 5 heteroatoms. The summed E-state index contributed by atoms with van der Waals surface area (Å²) in [5, 5.41) is 4.04. The van der Waals surface area contributed by atoms with E-state index >= 15 is 0 Å². The average Bonchev–Trinajstić information content (AvgIpc) is 3.31. The molecule has 1 aliphatic carbocycles. The number of likely N-dealkylation sites (N-methyl/N-ethyl adjacent to an activating group) is 1. The van der Waals surface area contributed by atoms with Crippen LogP contribution in [0.2, 0.25) is 0 Å². The third-order valence-electron chi connectivity index (χ3n) is 5.95. The van der Waals surface area contributed by atoms with E-state index in [4.69, 9.17) is 4.74 Å². The molecule has 1 aliphatic heterocycles. The van der Waals surface area contributed by atoms with Crippen molar-refractivity contribution in [1.29, 1.82) is 0 Å². The van der Waals surface area contributed by atoms with Gasteiger partial charge in [-0.1, -0.05) is 12.1 Å². The van der Waals surface area contributed by atoms with Crippen molar-refractivity contribution in [3.05, 3.63) is 48.0 Å². The van der Waals surface area contributed by atoms with Crippen LogP contribution in [0, 0.1) is 5.92 Å². The zero-order valence-electron chi connectivity index (χ0n) is 16.1. The molecule has 1 N–H and O–H groups in total. The highest BCUT2D eigenvalue weighted by Gasteiger charge is 2.38. The minimum Gasteiger partial charge on any atom is -0.497 e. The van der Waals surface area contributed by atoms with Crippen molar-refractivity contribution in [3.8, 4) is 5.75 Å². The van der Waals surface area contributed by atoms with Gasteiger partial charge in [-0.15, -0.1) is 0 Å². The molecule has 3 atom stereocenters. The Bertz CT molecular complexity index is 739. The largest absolute Gasteiger partial charge is 0.497 e. The van der Waals surface area contributed by atoms with Crippen molar-refractivity contribution >= 4 is 0 Å². The average molecular weight is 354 g/mol. The van der Waals surface area contributed by atoms with Gasteiger partial charge in [0.1, 0.15) is 5.75 Å². The smallest absolute Gasteiger partial charge is 0.119 e. The molecule has 2 fully saturated rings. The lowest BCUT2D eigenvalue weighted by Crippen LogP contribution is -2.44. The van der Waals surface area contributed by atoms with Crippen LogP contribution < -0.4 is 10.1 Å². The summed E-state index contributed by atoms with van der Waals surface area (Å²) in [4.78, 5) is 6.78. The normalized spacial score (nSPS) is 24.7. The molecule has 2 heterocycles. The standard InChI is InChI=1S/C21H30N4O/c1-24-12-18(21-11-22-14-25(21)2)20(13-24)23-19(16-7-8-16)10-15-5-4-6-17(9-15)26-3/h4-6,9,11,14,16,18-20,23H,7-8,10,12-13H2,1-3H3/t18-,19?,20-/m1/s1. The zero-order chi connectivity index (χ0) is 18.1. The first-order valence-electron chi connectivity index (χ1n) is 9.67. The molecule has 1 saturated heterocycles. The van der Waals surface area contributed by atoms with Gasteiger partial charge in [-0.3, -0.25) is 0 Å². The van der Waals surface area contributed by atoms with Gasteiger partial charge in [-0.2, -0.15) is 0 Å². The molecule has 0 spiro atoms. The Labute approximate surface area is 156 Å². The number of likely N-dealkylation sites (tertiary alicyclic amines) is 1. The number of nitrogens with zero attached hydrogens (tertiary/aromatic N) is 3. The second-order valence-electron chi connectivity index (χ2n) is 8.03. The summed E-state index contributed by atoms with van der Waals surface area (Å²) in [5.74, 6) is 2.25. The van der Waals surface area contributed by atoms with Crippen LogP contribution in [0.5, 0.6) is 5.75 Å². The summed E-state index contributed by atoms with van der Waals surface area (Å²) in [5.41, 5.74) is 2.69. The minimum atomic E-state index is 0.478. The lowest BCUT2D eigenvalue weighted by Gasteiger charge is -2.27. The summed E-state index contributed by atoms with van der Waals surface area (Å²) < 4.78 is 7.58. The van der Waals surface area contributed by atoms with Gasteiger partial charge in [0.2, 0.25) is 0 Å². The van der Waals surface area contributed by atoms with Crippen molar-refractivity contribution in [1.82, 2.24) is 19.8 Å². The molecule has 0 radical (unpaired) electrons. The van der Waals surface area contributed by atoms with E-state index in [-0.39, 0.29) is 0 Å². The van der Waals surface area contributed by atoms with Gasteiger partial charge in [0, 0.05) is 50.0 Å². The third-order valence-corrected chi connectivity index (χ3v) is 5.95. The van der Waals surface area contributed by atoms with E-state index in [2.05, 4.69) is 52.1 Å². The maximum atomic E-state index is 5.40. The van der Waals surface area contributed by atoms with Crippen molar-refractivity contribution < 1.29 is 4.74 Å². The molecule has 140 valence electrons. The summed E-state index contributed by atoms with van der Waals surface area (Å²) >= 11 is 0. The van der Waals surface area contributed by atoms with E-state index in [1.807, 2.05) is 18.6 Å². The fourth-order valence-electron chi connectivity index (χ4n) is 4.38. The second-order valence-corrected chi connectivity index (χ2v) is 8.03. The number of nitrogens with one attached hydrogen (secondary N) is 1. The SMILES string of the molecule is COc1cccc(CC(N[C@@H]2CN(C)C[C@H]2c2cncn2C)C2CC2)c1. The number of aromatic nitrogens is 2.